The summed E-state index contributed by atoms with van der Waals surface area (Å²) in [7, 11) is 0. The Balaban J connectivity index is 0.919. The summed E-state index contributed by atoms with van der Waals surface area (Å²) in [6, 6.07) is 23.9. The number of aliphatic hydroxyl groups excluding tert-OH is 1. The van der Waals surface area contributed by atoms with Crippen LogP contribution in [0.15, 0.2) is 120 Å². The van der Waals surface area contributed by atoms with E-state index in [1.54, 1.807) is 53.4 Å². The van der Waals surface area contributed by atoms with Gasteiger partial charge in [-0.2, -0.15) is 31.6 Å². The van der Waals surface area contributed by atoms with E-state index in [1.807, 2.05) is 6.07 Å². The summed E-state index contributed by atoms with van der Waals surface area (Å²) in [5.74, 6) is 1.97. The zero-order valence-corrected chi connectivity index (χ0v) is 34.9. The van der Waals surface area contributed by atoms with Gasteiger partial charge < -0.3 is 36.2 Å². The minimum absolute atomic E-state index is 0.00643. The molecule has 0 spiro atoms. The first-order valence-corrected chi connectivity index (χ1v) is 20.8. The number of rotatable bonds is 12. The summed E-state index contributed by atoms with van der Waals surface area (Å²) in [5, 5.41) is 29.7. The van der Waals surface area contributed by atoms with Crippen molar-refractivity contribution in [2.24, 2.45) is 5.73 Å². The Morgan fingerprint density at radius 1 is 0.712 bits per heavy atom. The van der Waals surface area contributed by atoms with Crippen LogP contribution in [0.4, 0.5) is 42.5 Å². The number of nitrogens with two attached hydrogens (primary N) is 1. The maximum Gasteiger partial charge on any atom is 0.416 e. The number of aliphatic hydroxyl groups is 1. The van der Waals surface area contributed by atoms with E-state index in [0.29, 0.717) is 53.9 Å². The number of benzene rings is 4. The van der Waals surface area contributed by atoms with Crippen LogP contribution in [-0.2, 0) is 21.9 Å². The van der Waals surface area contributed by atoms with E-state index >= 15 is 0 Å². The Bertz CT molecular complexity index is 2720. The van der Waals surface area contributed by atoms with E-state index in [4.69, 9.17) is 5.73 Å². The minimum atomic E-state index is -4.67. The molecule has 1 unspecified atom stereocenters. The molecular weight excluding hydrogens is 869 g/mol. The highest BCUT2D eigenvalue weighted by Crippen LogP contribution is 2.42. The summed E-state index contributed by atoms with van der Waals surface area (Å²) in [6.45, 7) is 1.32. The molecule has 66 heavy (non-hydrogen) atoms. The first kappa shape index (κ1) is 45.3. The zero-order chi connectivity index (χ0) is 46.9. The molecule has 4 aromatic rings. The summed E-state index contributed by atoms with van der Waals surface area (Å²) >= 11 is 0. The Morgan fingerprint density at radius 2 is 1.23 bits per heavy atom. The molecule has 4 heterocycles. The minimum Gasteiger partial charge on any atom is -0.361 e. The number of nitrogens with one attached hydrogen (secondary N) is 3. The van der Waals surface area contributed by atoms with Crippen molar-refractivity contribution in [3.63, 3.8) is 0 Å². The van der Waals surface area contributed by atoms with Crippen LogP contribution in [0.25, 0.3) is 0 Å². The SMILES string of the molecule is N#Cc1ccc([C@H]2NC(O)N(c3cccc(C(F)(F)F)c3)C3=C2C(=O)N(CCCNCCCN2CC4=C(C2=O)[C@@H](c2ccc(C#CN)cc2)NC(=O)N4c2cccc(C(F)(F)F)c2)C3)cc1. The number of halogens is 6. The largest absolute Gasteiger partial charge is 0.416 e. The number of alkyl halides is 6. The van der Waals surface area contributed by atoms with Gasteiger partial charge in [-0.15, -0.1) is 0 Å². The van der Waals surface area contributed by atoms with Gasteiger partial charge in [-0.1, -0.05) is 36.4 Å². The van der Waals surface area contributed by atoms with Crippen molar-refractivity contribution in [3.05, 3.63) is 153 Å². The predicted octanol–water partition coefficient (Wildman–Crippen LogP) is 5.82. The number of amides is 4. The second kappa shape index (κ2) is 18.3. The Kier molecular flexibility index (Phi) is 12.5. The van der Waals surface area contributed by atoms with Crippen molar-refractivity contribution in [3.8, 4) is 18.0 Å². The molecule has 340 valence electrons. The lowest BCUT2D eigenvalue weighted by Gasteiger charge is -2.39. The van der Waals surface area contributed by atoms with E-state index < -0.39 is 47.9 Å². The molecule has 13 nitrogen and oxygen atoms in total. The third kappa shape index (κ3) is 9.01. The van der Waals surface area contributed by atoms with E-state index in [9.17, 15) is 51.1 Å². The van der Waals surface area contributed by atoms with Crippen molar-refractivity contribution >= 4 is 29.2 Å². The monoisotopic (exact) mass is 909 g/mol. The van der Waals surface area contributed by atoms with Gasteiger partial charge in [-0.25, -0.2) is 4.79 Å². The van der Waals surface area contributed by atoms with Crippen molar-refractivity contribution in [1.82, 2.24) is 25.8 Å². The van der Waals surface area contributed by atoms with Crippen LogP contribution in [0.1, 0.15) is 58.3 Å². The topological polar surface area (TPSA) is 170 Å². The molecule has 19 heteroatoms. The van der Waals surface area contributed by atoms with Crippen molar-refractivity contribution < 1.29 is 45.8 Å². The number of hydrogen-bond donors (Lipinski definition) is 5. The van der Waals surface area contributed by atoms with Gasteiger partial charge in [0, 0.05) is 30.4 Å². The zero-order valence-electron chi connectivity index (χ0n) is 34.9. The first-order valence-electron chi connectivity index (χ1n) is 20.8. The van der Waals surface area contributed by atoms with Gasteiger partial charge >= 0.3 is 18.4 Å². The van der Waals surface area contributed by atoms with Crippen molar-refractivity contribution in [2.45, 2.75) is 43.6 Å². The normalized spacial score (nSPS) is 19.7. The fraction of sp³-hybridized carbons (Fsp3) is 0.277. The first-order chi connectivity index (χ1) is 31.6. The molecule has 3 atom stereocenters. The van der Waals surface area contributed by atoms with E-state index in [0.717, 1.165) is 29.2 Å². The highest BCUT2D eigenvalue weighted by Gasteiger charge is 2.46. The molecule has 0 fully saturated rings. The second-order valence-electron chi connectivity index (χ2n) is 15.9. The summed E-state index contributed by atoms with van der Waals surface area (Å²) < 4.78 is 82.4. The number of carbonyl (C=O) groups excluding carboxylic acids is 3. The molecule has 0 aromatic heterocycles. The van der Waals surface area contributed by atoms with Gasteiger partial charge in [0.05, 0.1) is 76.2 Å². The molecule has 4 amide bonds. The number of nitriles is 1. The maximum atomic E-state index is 14.1. The standard InChI is InChI=1S/C47H41F6N9O4/c48-46(49,50)32-5-1-7-34(23-32)61-36-26-59(42(63)38(36)40(57-44(61)65)30-13-9-28(10-14-30)17-18-54)21-3-19-56-20-4-22-60-27-37-39(43(60)64)41(31-15-11-29(25-55)12-16-31)58-45(66)62(37)35-8-2-6-33(24-35)47(51,52)53/h1-2,5-16,23-24,40-41,45,56,58,66H,3-4,19-22,26-27,54H2,(H,57,65)/t40-,41-,45?/m1/s1. The van der Waals surface area contributed by atoms with Gasteiger partial charge in [0.2, 0.25) is 0 Å². The average Bonchev–Trinajstić information content (AvgIpc) is 3.79. The van der Waals surface area contributed by atoms with Crippen LogP contribution in [0, 0.1) is 23.3 Å². The lowest BCUT2D eigenvalue weighted by atomic mass is 9.94. The predicted molar refractivity (Wildman–Crippen MR) is 229 cm³/mol. The van der Waals surface area contributed by atoms with Gasteiger partial charge in [0.25, 0.3) is 11.8 Å². The Labute approximate surface area is 374 Å². The summed E-state index contributed by atoms with van der Waals surface area (Å²) in [6.07, 6.45) is -9.91. The number of anilines is 2. The molecular formula is C47H41F6N9O4. The molecule has 8 rings (SSSR count). The van der Waals surface area contributed by atoms with E-state index in [-0.39, 0.29) is 66.2 Å². The highest BCUT2D eigenvalue weighted by molar-refractivity contribution is 6.07. The van der Waals surface area contributed by atoms with Crippen LogP contribution in [-0.4, -0.2) is 78.4 Å². The quantitative estimate of drug-likeness (QED) is 0.0509. The van der Waals surface area contributed by atoms with Gasteiger partial charge in [0.1, 0.15) is 0 Å². The number of nitrogens with zero attached hydrogens (tertiary/aromatic N) is 5. The van der Waals surface area contributed by atoms with Crippen LogP contribution < -0.4 is 31.5 Å². The maximum absolute atomic E-state index is 14.1. The number of carbonyl (C=O) groups is 3. The molecule has 4 aliphatic rings. The van der Waals surface area contributed by atoms with Gasteiger partial charge in [0.15, 0.2) is 6.35 Å². The molecule has 0 bridgehead atoms. The third-order valence-electron chi connectivity index (χ3n) is 11.8. The summed E-state index contributed by atoms with van der Waals surface area (Å²) in [5.41, 5.74) is 6.65. The van der Waals surface area contributed by atoms with Crippen LogP contribution in [0.2, 0.25) is 0 Å². The molecule has 0 radical (unpaired) electrons. The molecule has 4 aromatic carbocycles. The lowest BCUT2D eigenvalue weighted by molar-refractivity contribution is -0.138. The average molecular weight is 910 g/mol. The van der Waals surface area contributed by atoms with Crippen LogP contribution in [0.5, 0.6) is 0 Å². The van der Waals surface area contributed by atoms with Gasteiger partial charge in [-0.05, 0) is 104 Å². The second-order valence-corrected chi connectivity index (χ2v) is 15.9. The lowest BCUT2D eigenvalue weighted by Crippen LogP contribution is -2.52. The van der Waals surface area contributed by atoms with Gasteiger partial charge in [-0.3, -0.25) is 19.8 Å². The van der Waals surface area contributed by atoms with Crippen molar-refractivity contribution in [1.29, 1.82) is 5.26 Å². The summed E-state index contributed by atoms with van der Waals surface area (Å²) in [4.78, 5) is 47.4. The Hall–Kier alpha value is -7.32. The molecule has 0 aliphatic carbocycles. The van der Waals surface area contributed by atoms with E-state index in [1.165, 1.54) is 34.1 Å². The number of urea groups is 1. The number of hydrogen-bond acceptors (Lipinski definition) is 9. The molecule has 0 saturated carbocycles. The van der Waals surface area contributed by atoms with Crippen molar-refractivity contribution in [2.75, 3.05) is 49.1 Å². The highest BCUT2D eigenvalue weighted by atomic mass is 19.4. The third-order valence-corrected chi connectivity index (χ3v) is 11.8. The van der Waals surface area contributed by atoms with Crippen LogP contribution in [0.3, 0.4) is 0 Å². The molecule has 0 saturated heterocycles. The fourth-order valence-corrected chi connectivity index (χ4v) is 8.68. The fourth-order valence-electron chi connectivity index (χ4n) is 8.68. The smallest absolute Gasteiger partial charge is 0.361 e. The van der Waals surface area contributed by atoms with Crippen LogP contribution >= 0.6 is 0 Å². The van der Waals surface area contributed by atoms with E-state index in [2.05, 4.69) is 27.9 Å². The Morgan fingerprint density at radius 3 is 1.79 bits per heavy atom. The molecule has 4 aliphatic heterocycles. The molecule has 6 N–H and O–H groups in total.